The van der Waals surface area contributed by atoms with Crippen molar-refractivity contribution in [3.63, 3.8) is 0 Å². The third-order valence-electron chi connectivity index (χ3n) is 2.52. The smallest absolute Gasteiger partial charge is 0.140 e. The molecule has 0 atom stereocenters. The summed E-state index contributed by atoms with van der Waals surface area (Å²) >= 11 is 3.46. The van der Waals surface area contributed by atoms with E-state index < -0.39 is 0 Å². The van der Waals surface area contributed by atoms with Gasteiger partial charge in [-0.15, -0.1) is 0 Å². The zero-order valence-electron chi connectivity index (χ0n) is 10.2. The topological polar surface area (TPSA) is 34.1 Å². The maximum atomic E-state index is 5.12. The molecular formula is C14H15BrN2O. The lowest BCUT2D eigenvalue weighted by Gasteiger charge is -2.08. The van der Waals surface area contributed by atoms with E-state index in [1.165, 1.54) is 11.1 Å². The molecule has 4 heteroatoms. The average Bonchev–Trinajstić information content (AvgIpc) is 2.39. The van der Waals surface area contributed by atoms with E-state index in [1.807, 2.05) is 18.2 Å². The van der Waals surface area contributed by atoms with Crippen LogP contribution in [0.25, 0.3) is 0 Å². The van der Waals surface area contributed by atoms with E-state index in [2.05, 4.69) is 44.4 Å². The van der Waals surface area contributed by atoms with Gasteiger partial charge in [0.15, 0.2) is 0 Å². The Labute approximate surface area is 115 Å². The number of anilines is 1. The second kappa shape index (κ2) is 6.52. The Hall–Kier alpha value is -1.39. The normalized spacial score (nSPS) is 10.3. The first-order valence-electron chi connectivity index (χ1n) is 5.71. The van der Waals surface area contributed by atoms with Gasteiger partial charge in [0.2, 0.25) is 0 Å². The third kappa shape index (κ3) is 3.55. The minimum Gasteiger partial charge on any atom is -0.380 e. The van der Waals surface area contributed by atoms with Crippen molar-refractivity contribution in [3.05, 3.63) is 58.2 Å². The molecular weight excluding hydrogens is 292 g/mol. The number of pyridine rings is 1. The lowest BCUT2D eigenvalue weighted by atomic mass is 10.1. The van der Waals surface area contributed by atoms with Crippen molar-refractivity contribution in [1.82, 2.24) is 4.98 Å². The van der Waals surface area contributed by atoms with E-state index >= 15 is 0 Å². The third-order valence-corrected chi connectivity index (χ3v) is 3.16. The van der Waals surface area contributed by atoms with Gasteiger partial charge in [-0.25, -0.2) is 4.98 Å². The molecule has 1 aromatic carbocycles. The van der Waals surface area contributed by atoms with Crippen molar-refractivity contribution in [2.24, 2.45) is 0 Å². The van der Waals surface area contributed by atoms with Crippen LogP contribution in [-0.2, 0) is 17.9 Å². The number of methoxy groups -OCH3 is 1. The molecule has 0 fully saturated rings. The summed E-state index contributed by atoms with van der Waals surface area (Å²) in [5.41, 5.74) is 2.39. The fourth-order valence-electron chi connectivity index (χ4n) is 1.70. The van der Waals surface area contributed by atoms with Crippen LogP contribution in [0.2, 0.25) is 0 Å². The molecule has 1 N–H and O–H groups in total. The number of benzene rings is 1. The number of nitrogens with zero attached hydrogens (tertiary/aromatic N) is 1. The standard InChI is InChI=1S/C14H15BrN2O/c1-18-10-12-5-2-4-11(8-12)9-17-14-13(15)6-3-7-16-14/h2-8H,9-10H2,1H3,(H,16,17). The Kier molecular flexibility index (Phi) is 4.73. The van der Waals surface area contributed by atoms with Gasteiger partial charge in [0.05, 0.1) is 11.1 Å². The minimum atomic E-state index is 0.640. The second-order valence-electron chi connectivity index (χ2n) is 3.94. The largest absolute Gasteiger partial charge is 0.380 e. The summed E-state index contributed by atoms with van der Waals surface area (Å²) in [5, 5.41) is 3.30. The lowest BCUT2D eigenvalue weighted by molar-refractivity contribution is 0.185. The van der Waals surface area contributed by atoms with E-state index in [0.717, 1.165) is 16.8 Å². The summed E-state index contributed by atoms with van der Waals surface area (Å²) in [6.07, 6.45) is 1.77. The molecule has 0 saturated carbocycles. The number of aromatic nitrogens is 1. The molecule has 1 heterocycles. The summed E-state index contributed by atoms with van der Waals surface area (Å²) in [6.45, 7) is 1.38. The molecule has 1 aromatic heterocycles. The first-order chi connectivity index (χ1) is 8.79. The molecule has 3 nitrogen and oxygen atoms in total. The van der Waals surface area contributed by atoms with Gasteiger partial charge in [-0.3, -0.25) is 0 Å². The minimum absolute atomic E-state index is 0.640. The van der Waals surface area contributed by atoms with Crippen molar-refractivity contribution >= 4 is 21.7 Å². The Morgan fingerprint density at radius 3 is 2.83 bits per heavy atom. The molecule has 0 spiro atoms. The Morgan fingerprint density at radius 1 is 1.22 bits per heavy atom. The highest BCUT2D eigenvalue weighted by molar-refractivity contribution is 9.10. The highest BCUT2D eigenvalue weighted by Gasteiger charge is 2.00. The van der Waals surface area contributed by atoms with Gasteiger partial charge in [0.1, 0.15) is 5.82 Å². The van der Waals surface area contributed by atoms with Crippen LogP contribution < -0.4 is 5.32 Å². The summed E-state index contributed by atoms with van der Waals surface area (Å²) in [4.78, 5) is 4.27. The van der Waals surface area contributed by atoms with Crippen molar-refractivity contribution in [1.29, 1.82) is 0 Å². The fourth-order valence-corrected chi connectivity index (χ4v) is 2.09. The van der Waals surface area contributed by atoms with Crippen LogP contribution in [-0.4, -0.2) is 12.1 Å². The first-order valence-corrected chi connectivity index (χ1v) is 6.50. The summed E-state index contributed by atoms with van der Waals surface area (Å²) in [7, 11) is 1.70. The van der Waals surface area contributed by atoms with E-state index in [9.17, 15) is 0 Å². The summed E-state index contributed by atoms with van der Waals surface area (Å²) in [6, 6.07) is 12.2. The predicted octanol–water partition coefficient (Wildman–Crippen LogP) is 3.60. The van der Waals surface area contributed by atoms with E-state index in [1.54, 1.807) is 13.3 Å². The molecule has 0 aliphatic heterocycles. The molecule has 2 aromatic rings. The van der Waals surface area contributed by atoms with Crippen LogP contribution in [0.15, 0.2) is 47.1 Å². The highest BCUT2D eigenvalue weighted by Crippen LogP contribution is 2.19. The molecule has 0 radical (unpaired) electrons. The van der Waals surface area contributed by atoms with Crippen molar-refractivity contribution in [2.45, 2.75) is 13.2 Å². The number of hydrogen-bond donors (Lipinski definition) is 1. The monoisotopic (exact) mass is 306 g/mol. The molecule has 0 amide bonds. The first kappa shape index (κ1) is 13.1. The van der Waals surface area contributed by atoms with E-state index in [-0.39, 0.29) is 0 Å². The van der Waals surface area contributed by atoms with Crippen molar-refractivity contribution < 1.29 is 4.74 Å². The van der Waals surface area contributed by atoms with E-state index in [0.29, 0.717) is 6.61 Å². The quantitative estimate of drug-likeness (QED) is 0.916. The summed E-state index contributed by atoms with van der Waals surface area (Å²) in [5.74, 6) is 0.856. The lowest BCUT2D eigenvalue weighted by Crippen LogP contribution is -2.02. The van der Waals surface area contributed by atoms with Crippen LogP contribution in [0, 0.1) is 0 Å². The number of hydrogen-bond acceptors (Lipinski definition) is 3. The van der Waals surface area contributed by atoms with Crippen LogP contribution in [0.3, 0.4) is 0 Å². The Balaban J connectivity index is 2.02. The van der Waals surface area contributed by atoms with Gasteiger partial charge in [-0.05, 0) is 39.2 Å². The van der Waals surface area contributed by atoms with Gasteiger partial charge in [-0.2, -0.15) is 0 Å². The molecule has 2 rings (SSSR count). The summed E-state index contributed by atoms with van der Waals surface area (Å²) < 4.78 is 6.09. The zero-order valence-corrected chi connectivity index (χ0v) is 11.8. The highest BCUT2D eigenvalue weighted by atomic mass is 79.9. The van der Waals surface area contributed by atoms with Crippen LogP contribution in [0.4, 0.5) is 5.82 Å². The van der Waals surface area contributed by atoms with Gasteiger partial charge in [0, 0.05) is 19.9 Å². The molecule has 0 unspecified atom stereocenters. The number of halogens is 1. The number of rotatable bonds is 5. The van der Waals surface area contributed by atoms with Gasteiger partial charge in [0.25, 0.3) is 0 Å². The van der Waals surface area contributed by atoms with Crippen LogP contribution in [0.1, 0.15) is 11.1 Å². The molecule has 0 aliphatic carbocycles. The Morgan fingerprint density at radius 2 is 2.06 bits per heavy atom. The average molecular weight is 307 g/mol. The maximum absolute atomic E-state index is 5.12. The predicted molar refractivity (Wildman–Crippen MR) is 76.4 cm³/mol. The fraction of sp³-hybridized carbons (Fsp3) is 0.214. The molecule has 94 valence electrons. The van der Waals surface area contributed by atoms with Crippen LogP contribution in [0.5, 0.6) is 0 Å². The van der Waals surface area contributed by atoms with Gasteiger partial charge >= 0.3 is 0 Å². The van der Waals surface area contributed by atoms with Gasteiger partial charge < -0.3 is 10.1 Å². The zero-order chi connectivity index (χ0) is 12.8. The second-order valence-corrected chi connectivity index (χ2v) is 4.79. The van der Waals surface area contributed by atoms with Crippen LogP contribution >= 0.6 is 15.9 Å². The van der Waals surface area contributed by atoms with E-state index in [4.69, 9.17) is 4.74 Å². The van der Waals surface area contributed by atoms with Crippen molar-refractivity contribution in [2.75, 3.05) is 12.4 Å². The van der Waals surface area contributed by atoms with Gasteiger partial charge in [-0.1, -0.05) is 24.3 Å². The maximum Gasteiger partial charge on any atom is 0.140 e. The molecule has 0 bridgehead atoms. The molecule has 0 aliphatic rings. The number of nitrogens with one attached hydrogen (secondary N) is 1. The number of ether oxygens (including phenoxy) is 1. The molecule has 0 saturated heterocycles. The Bertz CT molecular complexity index is 517. The molecule has 18 heavy (non-hydrogen) atoms. The van der Waals surface area contributed by atoms with Crippen molar-refractivity contribution in [3.8, 4) is 0 Å². The SMILES string of the molecule is COCc1cccc(CNc2ncccc2Br)c1.